The Labute approximate surface area is 71.3 Å². The van der Waals surface area contributed by atoms with Crippen LogP contribution in [-0.2, 0) is 0 Å². The molecule has 0 amide bonds. The van der Waals surface area contributed by atoms with Crippen LogP contribution in [0, 0.1) is 0 Å². The van der Waals surface area contributed by atoms with Crippen LogP contribution in [0.2, 0.25) is 0 Å². The summed E-state index contributed by atoms with van der Waals surface area (Å²) in [5, 5.41) is 3.32. The number of thioether (sulfide) groups is 1. The summed E-state index contributed by atoms with van der Waals surface area (Å²) in [6.07, 6.45) is 11.9. The van der Waals surface area contributed by atoms with Gasteiger partial charge in [0, 0.05) is 6.42 Å². The molecule has 11 heavy (non-hydrogen) atoms. The zero-order chi connectivity index (χ0) is 7.68. The molecule has 0 saturated heterocycles. The van der Waals surface area contributed by atoms with Gasteiger partial charge < -0.3 is 5.32 Å². The van der Waals surface area contributed by atoms with E-state index in [1.165, 1.54) is 10.5 Å². The van der Waals surface area contributed by atoms with E-state index in [0.717, 1.165) is 6.42 Å². The van der Waals surface area contributed by atoms with E-state index in [2.05, 4.69) is 29.8 Å². The lowest BCUT2D eigenvalue weighted by molar-refractivity contribution is 0.704. The summed E-state index contributed by atoms with van der Waals surface area (Å²) in [7, 11) is 0. The Kier molecular flexibility index (Phi) is 1.78. The lowest BCUT2D eigenvalue weighted by Gasteiger charge is -2.17. The standard InChI is InChI=1S/C9H11NS/c1-11-8-3-2-7-4-5-10-9(7)6-8/h2-5,9-10H,6H2,1H3. The van der Waals surface area contributed by atoms with Crippen molar-refractivity contribution in [2.75, 3.05) is 6.26 Å². The second kappa shape index (κ2) is 2.78. The van der Waals surface area contributed by atoms with E-state index in [-0.39, 0.29) is 0 Å². The van der Waals surface area contributed by atoms with Gasteiger partial charge in [0.2, 0.25) is 0 Å². The Morgan fingerprint density at radius 1 is 1.55 bits per heavy atom. The molecule has 0 spiro atoms. The van der Waals surface area contributed by atoms with Gasteiger partial charge in [0.05, 0.1) is 6.04 Å². The molecule has 2 rings (SSSR count). The largest absolute Gasteiger partial charge is 0.384 e. The van der Waals surface area contributed by atoms with Gasteiger partial charge in [-0.3, -0.25) is 0 Å². The summed E-state index contributed by atoms with van der Waals surface area (Å²) in [6, 6.07) is 0.558. The molecule has 2 aliphatic rings. The smallest absolute Gasteiger partial charge is 0.0554 e. The second-order valence-electron chi connectivity index (χ2n) is 2.76. The third kappa shape index (κ3) is 1.23. The first-order valence-electron chi connectivity index (χ1n) is 3.77. The predicted octanol–water partition coefficient (Wildman–Crippen LogP) is 2.05. The van der Waals surface area contributed by atoms with Crippen LogP contribution in [0.4, 0.5) is 0 Å². The Hall–Kier alpha value is -0.630. The Balaban J connectivity index is 2.21. The Morgan fingerprint density at radius 3 is 3.27 bits per heavy atom. The van der Waals surface area contributed by atoms with Gasteiger partial charge in [-0.2, -0.15) is 0 Å². The Bertz CT molecular complexity index is 250. The highest BCUT2D eigenvalue weighted by molar-refractivity contribution is 8.02. The van der Waals surface area contributed by atoms with E-state index >= 15 is 0 Å². The molecule has 58 valence electrons. The molecule has 0 bridgehead atoms. The first-order chi connectivity index (χ1) is 5.40. The highest BCUT2D eigenvalue weighted by Gasteiger charge is 2.18. The summed E-state index contributed by atoms with van der Waals surface area (Å²) in [5.41, 5.74) is 1.42. The molecule has 1 N–H and O–H groups in total. The van der Waals surface area contributed by atoms with Crippen LogP contribution in [0.3, 0.4) is 0 Å². The molecule has 0 aromatic carbocycles. The number of fused-ring (bicyclic) bond motifs is 1. The van der Waals surface area contributed by atoms with Gasteiger partial charge >= 0.3 is 0 Å². The first-order valence-corrected chi connectivity index (χ1v) is 5.00. The van der Waals surface area contributed by atoms with Gasteiger partial charge in [-0.25, -0.2) is 0 Å². The number of rotatable bonds is 1. The predicted molar refractivity (Wildman–Crippen MR) is 50.4 cm³/mol. The van der Waals surface area contributed by atoms with E-state index in [9.17, 15) is 0 Å². The third-order valence-electron chi connectivity index (χ3n) is 2.10. The fraction of sp³-hybridized carbons (Fsp3) is 0.333. The molecule has 1 unspecified atom stereocenters. The van der Waals surface area contributed by atoms with Crippen molar-refractivity contribution < 1.29 is 0 Å². The summed E-state index contributed by atoms with van der Waals surface area (Å²) < 4.78 is 0. The monoisotopic (exact) mass is 165 g/mol. The lowest BCUT2D eigenvalue weighted by Crippen LogP contribution is -2.22. The average molecular weight is 165 g/mol. The second-order valence-corrected chi connectivity index (χ2v) is 3.69. The van der Waals surface area contributed by atoms with Crippen molar-refractivity contribution in [1.82, 2.24) is 5.32 Å². The van der Waals surface area contributed by atoms with Crippen LogP contribution in [0.5, 0.6) is 0 Å². The molecule has 0 aromatic heterocycles. The molecule has 0 saturated carbocycles. The quantitative estimate of drug-likeness (QED) is 0.638. The van der Waals surface area contributed by atoms with Crippen LogP contribution >= 0.6 is 11.8 Å². The zero-order valence-corrected chi connectivity index (χ0v) is 7.32. The SMILES string of the molecule is CSC1=CC=C2C=CNC2C1. The minimum atomic E-state index is 0.558. The van der Waals surface area contributed by atoms with Gasteiger partial charge in [-0.1, -0.05) is 12.2 Å². The number of hydrogen-bond acceptors (Lipinski definition) is 2. The summed E-state index contributed by atoms with van der Waals surface area (Å²) >= 11 is 1.84. The molecule has 0 fully saturated rings. The number of nitrogens with one attached hydrogen (secondary N) is 1. The van der Waals surface area contributed by atoms with Crippen LogP contribution in [0.1, 0.15) is 6.42 Å². The molecule has 0 aromatic rings. The molecule has 1 aliphatic carbocycles. The van der Waals surface area contributed by atoms with Crippen molar-refractivity contribution >= 4 is 11.8 Å². The maximum Gasteiger partial charge on any atom is 0.0554 e. The minimum Gasteiger partial charge on any atom is -0.384 e. The van der Waals surface area contributed by atoms with Gasteiger partial charge in [-0.05, 0) is 29.0 Å². The summed E-state index contributed by atoms with van der Waals surface area (Å²) in [6.45, 7) is 0. The summed E-state index contributed by atoms with van der Waals surface area (Å²) in [4.78, 5) is 1.47. The van der Waals surface area contributed by atoms with Crippen molar-refractivity contribution in [3.63, 3.8) is 0 Å². The van der Waals surface area contributed by atoms with Crippen molar-refractivity contribution in [1.29, 1.82) is 0 Å². The maximum absolute atomic E-state index is 3.32. The summed E-state index contributed by atoms with van der Waals surface area (Å²) in [5.74, 6) is 0. The Morgan fingerprint density at radius 2 is 2.45 bits per heavy atom. The van der Waals surface area contributed by atoms with Gasteiger partial charge in [0.1, 0.15) is 0 Å². The first kappa shape index (κ1) is 7.04. The fourth-order valence-electron chi connectivity index (χ4n) is 1.43. The molecule has 0 radical (unpaired) electrons. The van der Waals surface area contributed by atoms with Crippen LogP contribution in [0.15, 0.2) is 34.9 Å². The number of allylic oxidation sites excluding steroid dienone is 2. The van der Waals surface area contributed by atoms with Crippen molar-refractivity contribution in [3.05, 3.63) is 34.9 Å². The van der Waals surface area contributed by atoms with Gasteiger partial charge in [0.25, 0.3) is 0 Å². The minimum absolute atomic E-state index is 0.558. The molecule has 1 atom stereocenters. The number of hydrogen-bond donors (Lipinski definition) is 1. The molecule has 1 aliphatic heterocycles. The van der Waals surface area contributed by atoms with Crippen LogP contribution < -0.4 is 5.32 Å². The topological polar surface area (TPSA) is 12.0 Å². The van der Waals surface area contributed by atoms with E-state index in [1.807, 2.05) is 18.0 Å². The zero-order valence-electron chi connectivity index (χ0n) is 6.50. The fourth-order valence-corrected chi connectivity index (χ4v) is 1.97. The van der Waals surface area contributed by atoms with E-state index in [4.69, 9.17) is 0 Å². The van der Waals surface area contributed by atoms with E-state index in [0.29, 0.717) is 6.04 Å². The van der Waals surface area contributed by atoms with Gasteiger partial charge in [0.15, 0.2) is 0 Å². The van der Waals surface area contributed by atoms with Gasteiger partial charge in [-0.15, -0.1) is 11.8 Å². The maximum atomic E-state index is 3.32. The molecule has 1 heterocycles. The molecular weight excluding hydrogens is 154 g/mol. The third-order valence-corrected chi connectivity index (χ3v) is 2.93. The van der Waals surface area contributed by atoms with E-state index in [1.54, 1.807) is 0 Å². The van der Waals surface area contributed by atoms with Crippen molar-refractivity contribution in [2.45, 2.75) is 12.5 Å². The molecule has 1 nitrogen and oxygen atoms in total. The molecule has 2 heteroatoms. The van der Waals surface area contributed by atoms with Crippen LogP contribution in [0.25, 0.3) is 0 Å². The van der Waals surface area contributed by atoms with Crippen LogP contribution in [-0.4, -0.2) is 12.3 Å². The molecular formula is C9H11NS. The normalized spacial score (nSPS) is 27.2. The van der Waals surface area contributed by atoms with E-state index < -0.39 is 0 Å². The lowest BCUT2D eigenvalue weighted by atomic mass is 10.0. The highest BCUT2D eigenvalue weighted by Crippen LogP contribution is 2.28. The average Bonchev–Trinajstić information content (AvgIpc) is 2.50. The van der Waals surface area contributed by atoms with Crippen molar-refractivity contribution in [3.8, 4) is 0 Å². The van der Waals surface area contributed by atoms with Crippen molar-refractivity contribution in [2.24, 2.45) is 0 Å². The highest BCUT2D eigenvalue weighted by atomic mass is 32.2.